The molecule has 4 heterocycles. The zero-order valence-electron chi connectivity index (χ0n) is 16.6. The van der Waals surface area contributed by atoms with E-state index in [1.54, 1.807) is 6.33 Å². The maximum absolute atomic E-state index is 4.67. The van der Waals surface area contributed by atoms with Crippen molar-refractivity contribution in [3.05, 3.63) is 78.0 Å². The number of H-pyrrole nitrogens is 1. The van der Waals surface area contributed by atoms with Crippen molar-refractivity contribution in [2.24, 2.45) is 0 Å². The average Bonchev–Trinajstić information content (AvgIpc) is 3.17. The molecule has 0 saturated carbocycles. The van der Waals surface area contributed by atoms with Gasteiger partial charge in [0.15, 0.2) is 5.65 Å². The first kappa shape index (κ1) is 17.1. The standard InChI is InChI=1S/C24H20N6/c1-15-28-22-11-19(12-25-23(22)29-15)17-6-7-21-20(10-17)24(27-14-26-21)30-9-8-16-4-2-3-5-18(16)13-30/h2-7,10-12,14H,8-9,13H2,1H3,(H,25,28,29). The molecule has 1 aliphatic heterocycles. The molecule has 6 heteroatoms. The summed E-state index contributed by atoms with van der Waals surface area (Å²) >= 11 is 0. The fourth-order valence-electron chi connectivity index (χ4n) is 4.33. The lowest BCUT2D eigenvalue weighted by atomic mass is 9.99. The summed E-state index contributed by atoms with van der Waals surface area (Å²) in [7, 11) is 0. The first-order chi connectivity index (χ1) is 14.7. The number of nitrogens with zero attached hydrogens (tertiary/aromatic N) is 5. The average molecular weight is 392 g/mol. The van der Waals surface area contributed by atoms with Gasteiger partial charge in [0.2, 0.25) is 0 Å². The molecular weight excluding hydrogens is 372 g/mol. The number of aromatic nitrogens is 5. The van der Waals surface area contributed by atoms with Crippen molar-refractivity contribution >= 4 is 27.9 Å². The molecule has 0 atom stereocenters. The number of imidazole rings is 1. The molecule has 1 aliphatic rings. The maximum Gasteiger partial charge on any atom is 0.177 e. The van der Waals surface area contributed by atoms with Crippen LogP contribution >= 0.6 is 0 Å². The van der Waals surface area contributed by atoms with Crippen molar-refractivity contribution in [1.82, 2.24) is 24.9 Å². The molecule has 0 fully saturated rings. The molecule has 0 aliphatic carbocycles. The molecule has 1 N–H and O–H groups in total. The topological polar surface area (TPSA) is 70.6 Å². The lowest BCUT2D eigenvalue weighted by Gasteiger charge is -2.30. The van der Waals surface area contributed by atoms with Crippen molar-refractivity contribution in [1.29, 1.82) is 0 Å². The lowest BCUT2D eigenvalue weighted by molar-refractivity contribution is 0.723. The van der Waals surface area contributed by atoms with Crippen molar-refractivity contribution in [2.45, 2.75) is 19.9 Å². The molecule has 0 spiro atoms. The number of aryl methyl sites for hydroxylation is 1. The molecule has 30 heavy (non-hydrogen) atoms. The lowest BCUT2D eigenvalue weighted by Crippen LogP contribution is -2.31. The molecule has 0 amide bonds. The minimum absolute atomic E-state index is 0.744. The van der Waals surface area contributed by atoms with E-state index in [4.69, 9.17) is 0 Å². The van der Waals surface area contributed by atoms with E-state index in [9.17, 15) is 0 Å². The van der Waals surface area contributed by atoms with E-state index >= 15 is 0 Å². The summed E-state index contributed by atoms with van der Waals surface area (Å²) in [5, 5.41) is 1.07. The van der Waals surface area contributed by atoms with E-state index in [0.29, 0.717) is 0 Å². The van der Waals surface area contributed by atoms with Gasteiger partial charge in [-0.1, -0.05) is 30.3 Å². The van der Waals surface area contributed by atoms with Gasteiger partial charge in [0.1, 0.15) is 18.0 Å². The Balaban J connectivity index is 1.44. The number of fused-ring (bicyclic) bond motifs is 3. The summed E-state index contributed by atoms with van der Waals surface area (Å²) in [5.41, 5.74) is 7.59. The van der Waals surface area contributed by atoms with Crippen LogP contribution < -0.4 is 4.90 Å². The fourth-order valence-corrected chi connectivity index (χ4v) is 4.33. The maximum atomic E-state index is 4.67. The Labute approximate surface area is 173 Å². The van der Waals surface area contributed by atoms with Gasteiger partial charge in [-0.05, 0) is 48.2 Å². The third kappa shape index (κ3) is 2.80. The van der Waals surface area contributed by atoms with Crippen LogP contribution in [-0.2, 0) is 13.0 Å². The first-order valence-corrected chi connectivity index (χ1v) is 10.1. The molecule has 3 aromatic heterocycles. The molecule has 6 nitrogen and oxygen atoms in total. The Morgan fingerprint density at radius 1 is 0.933 bits per heavy atom. The SMILES string of the molecule is Cc1nc2ncc(-c3ccc4ncnc(N5CCc6ccccc6C5)c4c3)cc2[nH]1. The van der Waals surface area contributed by atoms with Gasteiger partial charge in [-0.25, -0.2) is 19.9 Å². The summed E-state index contributed by atoms with van der Waals surface area (Å²) in [6.45, 7) is 3.76. The molecule has 6 rings (SSSR count). The molecular formula is C24H20N6. The van der Waals surface area contributed by atoms with E-state index in [2.05, 4.69) is 78.4 Å². The number of rotatable bonds is 2. The minimum Gasteiger partial charge on any atom is -0.351 e. The number of pyridine rings is 1. The number of benzene rings is 2. The molecule has 0 radical (unpaired) electrons. The second-order valence-electron chi connectivity index (χ2n) is 7.79. The van der Waals surface area contributed by atoms with Crippen LogP contribution in [0.5, 0.6) is 0 Å². The first-order valence-electron chi connectivity index (χ1n) is 10.1. The number of anilines is 1. The van der Waals surface area contributed by atoms with Gasteiger partial charge >= 0.3 is 0 Å². The van der Waals surface area contributed by atoms with Crippen molar-refractivity contribution < 1.29 is 0 Å². The number of nitrogens with one attached hydrogen (secondary N) is 1. The number of hydrogen-bond donors (Lipinski definition) is 1. The molecule has 146 valence electrons. The number of hydrogen-bond acceptors (Lipinski definition) is 5. The van der Waals surface area contributed by atoms with Crippen LogP contribution in [0.2, 0.25) is 0 Å². The van der Waals surface area contributed by atoms with Gasteiger partial charge in [0.25, 0.3) is 0 Å². The zero-order chi connectivity index (χ0) is 20.1. The molecule has 0 saturated heterocycles. The van der Waals surface area contributed by atoms with E-state index in [-0.39, 0.29) is 0 Å². The van der Waals surface area contributed by atoms with Gasteiger partial charge in [-0.3, -0.25) is 0 Å². The Kier molecular flexibility index (Phi) is 3.77. The van der Waals surface area contributed by atoms with Gasteiger partial charge in [0.05, 0.1) is 11.0 Å². The highest BCUT2D eigenvalue weighted by Gasteiger charge is 2.19. The van der Waals surface area contributed by atoms with Crippen LogP contribution in [0.3, 0.4) is 0 Å². The van der Waals surface area contributed by atoms with Gasteiger partial charge in [-0.2, -0.15) is 0 Å². The van der Waals surface area contributed by atoms with Crippen molar-refractivity contribution in [2.75, 3.05) is 11.4 Å². The van der Waals surface area contributed by atoms with Crippen LogP contribution in [0, 0.1) is 6.92 Å². The van der Waals surface area contributed by atoms with Crippen LogP contribution in [0.15, 0.2) is 61.1 Å². The third-order valence-electron chi connectivity index (χ3n) is 5.83. The molecule has 2 aromatic carbocycles. The normalized spacial score (nSPS) is 13.7. The van der Waals surface area contributed by atoms with Crippen LogP contribution in [0.4, 0.5) is 5.82 Å². The summed E-state index contributed by atoms with van der Waals surface area (Å²) < 4.78 is 0. The smallest absolute Gasteiger partial charge is 0.177 e. The summed E-state index contributed by atoms with van der Waals surface area (Å²) in [4.78, 5) is 23.7. The van der Waals surface area contributed by atoms with Gasteiger partial charge < -0.3 is 9.88 Å². The van der Waals surface area contributed by atoms with E-state index in [1.807, 2.05) is 13.1 Å². The van der Waals surface area contributed by atoms with Gasteiger partial charge in [0, 0.05) is 30.2 Å². The zero-order valence-corrected chi connectivity index (χ0v) is 16.6. The summed E-state index contributed by atoms with van der Waals surface area (Å²) in [6.07, 6.45) is 4.57. The van der Waals surface area contributed by atoms with Crippen LogP contribution in [-0.4, -0.2) is 31.5 Å². The summed E-state index contributed by atoms with van der Waals surface area (Å²) in [6, 6.07) is 17.1. The Hall–Kier alpha value is -3.80. The van der Waals surface area contributed by atoms with E-state index < -0.39 is 0 Å². The Morgan fingerprint density at radius 3 is 2.77 bits per heavy atom. The van der Waals surface area contributed by atoms with Crippen LogP contribution in [0.25, 0.3) is 33.2 Å². The summed E-state index contributed by atoms with van der Waals surface area (Å²) in [5.74, 6) is 1.86. The largest absolute Gasteiger partial charge is 0.351 e. The minimum atomic E-state index is 0.744. The predicted octanol–water partition coefficient (Wildman–Crippen LogP) is 4.44. The number of aromatic amines is 1. The second-order valence-corrected chi connectivity index (χ2v) is 7.79. The molecule has 5 aromatic rings. The van der Waals surface area contributed by atoms with Gasteiger partial charge in [-0.15, -0.1) is 0 Å². The fraction of sp³-hybridized carbons (Fsp3) is 0.167. The highest BCUT2D eigenvalue weighted by molar-refractivity contribution is 5.93. The van der Waals surface area contributed by atoms with Crippen molar-refractivity contribution in [3.63, 3.8) is 0 Å². The Bertz CT molecular complexity index is 1400. The monoisotopic (exact) mass is 392 g/mol. The van der Waals surface area contributed by atoms with Crippen molar-refractivity contribution in [3.8, 4) is 11.1 Å². The Morgan fingerprint density at radius 2 is 1.83 bits per heavy atom. The van der Waals surface area contributed by atoms with E-state index in [0.717, 1.165) is 64.3 Å². The van der Waals surface area contributed by atoms with E-state index in [1.165, 1.54) is 11.1 Å². The predicted molar refractivity (Wildman–Crippen MR) is 118 cm³/mol. The highest BCUT2D eigenvalue weighted by Crippen LogP contribution is 2.31. The highest BCUT2D eigenvalue weighted by atomic mass is 15.2. The third-order valence-corrected chi connectivity index (χ3v) is 5.83. The van der Waals surface area contributed by atoms with Crippen LogP contribution in [0.1, 0.15) is 17.0 Å². The quantitative estimate of drug-likeness (QED) is 0.481. The second kappa shape index (κ2) is 6.62. The molecule has 0 unspecified atom stereocenters. The molecule has 0 bridgehead atoms.